The van der Waals surface area contributed by atoms with Gasteiger partial charge in [0.1, 0.15) is 0 Å². The van der Waals surface area contributed by atoms with Gasteiger partial charge in [0.15, 0.2) is 0 Å². The summed E-state index contributed by atoms with van der Waals surface area (Å²) < 4.78 is 60.6. The Labute approximate surface area is 81.7 Å². The molecule has 0 spiro atoms. The Morgan fingerprint density at radius 1 is 1.47 bits per heavy atom. The number of nitrogens with zero attached hydrogens (tertiary/aromatic N) is 1. The third kappa shape index (κ3) is 3.01. The van der Waals surface area contributed by atoms with Crippen LogP contribution >= 0.6 is 0 Å². The number of hydrogen-bond donors (Lipinski definition) is 0. The van der Waals surface area contributed by atoms with Gasteiger partial charge >= 0.3 is 12.1 Å². The zero-order valence-corrected chi connectivity index (χ0v) is 7.65. The number of hydroxylamine groups is 2. The van der Waals surface area contributed by atoms with Crippen LogP contribution in [0.5, 0.6) is 0 Å². The molecule has 0 unspecified atom stereocenters. The van der Waals surface area contributed by atoms with Gasteiger partial charge in [-0.15, -0.1) is 5.06 Å². The van der Waals surface area contributed by atoms with Gasteiger partial charge in [-0.1, -0.05) is 0 Å². The van der Waals surface area contributed by atoms with Crippen molar-refractivity contribution in [1.29, 1.82) is 0 Å². The molecule has 0 N–H and O–H groups in total. The third-order valence-corrected chi connectivity index (χ3v) is 1.90. The average Bonchev–Trinajstić information content (AvgIpc) is 2.22. The van der Waals surface area contributed by atoms with Crippen LogP contribution in [0, 0.1) is 0 Å². The predicted octanol–water partition coefficient (Wildman–Crippen LogP) is 1.74. The lowest BCUT2D eigenvalue weighted by Gasteiger charge is -2.19. The predicted molar refractivity (Wildman–Crippen MR) is 37.9 cm³/mol. The lowest BCUT2D eigenvalue weighted by molar-refractivity contribution is -0.242. The summed E-state index contributed by atoms with van der Waals surface area (Å²) in [7, 11) is 0. The molecule has 3 nitrogen and oxygen atoms in total. The topological polar surface area (TPSA) is 29.5 Å². The number of halogens is 5. The molecule has 1 heterocycles. The molecule has 1 saturated heterocycles. The summed E-state index contributed by atoms with van der Waals surface area (Å²) in [6, 6.07) is -0.925. The largest absolute Gasteiger partial charge is 0.492 e. The Morgan fingerprint density at radius 3 is 2.33 bits per heavy atom. The van der Waals surface area contributed by atoms with E-state index >= 15 is 0 Å². The fraction of sp³-hybridized carbons (Fsp3) is 0.857. The van der Waals surface area contributed by atoms with Gasteiger partial charge < -0.3 is 4.84 Å². The second kappa shape index (κ2) is 3.58. The van der Waals surface area contributed by atoms with Gasteiger partial charge in [0, 0.05) is 12.5 Å². The molecule has 1 atom stereocenters. The van der Waals surface area contributed by atoms with E-state index in [1.807, 2.05) is 0 Å². The summed E-state index contributed by atoms with van der Waals surface area (Å²) >= 11 is 0. The molecule has 1 aliphatic heterocycles. The molecule has 0 bridgehead atoms. The van der Waals surface area contributed by atoms with Crippen LogP contribution in [0.1, 0.15) is 13.3 Å². The van der Waals surface area contributed by atoms with E-state index < -0.39 is 37.1 Å². The Morgan fingerprint density at radius 2 is 2.00 bits per heavy atom. The lowest BCUT2D eigenvalue weighted by Crippen LogP contribution is -2.37. The first-order chi connectivity index (χ1) is 6.62. The van der Waals surface area contributed by atoms with E-state index in [4.69, 9.17) is 0 Å². The van der Waals surface area contributed by atoms with Crippen molar-refractivity contribution in [1.82, 2.24) is 5.06 Å². The van der Waals surface area contributed by atoms with Crippen LogP contribution in [-0.2, 0) is 9.63 Å². The minimum atomic E-state index is -5.17. The van der Waals surface area contributed by atoms with Gasteiger partial charge in [-0.2, -0.15) is 13.2 Å². The van der Waals surface area contributed by atoms with Crippen molar-refractivity contribution in [3.63, 3.8) is 0 Å². The maximum absolute atomic E-state index is 12.7. The summed E-state index contributed by atoms with van der Waals surface area (Å²) in [6.45, 7) is 0.251. The first-order valence-electron chi connectivity index (χ1n) is 4.05. The molecule has 0 amide bonds. The summed E-state index contributed by atoms with van der Waals surface area (Å²) in [6.07, 6.45) is -5.80. The zero-order valence-electron chi connectivity index (χ0n) is 7.65. The molecule has 0 aliphatic carbocycles. The Balaban J connectivity index is 2.58. The molecular weight excluding hydrogens is 225 g/mol. The first-order valence-corrected chi connectivity index (χ1v) is 4.05. The highest BCUT2D eigenvalue weighted by Crippen LogP contribution is 2.32. The van der Waals surface area contributed by atoms with Crippen molar-refractivity contribution in [2.75, 3.05) is 6.54 Å². The minimum absolute atomic E-state index is 0.357. The fourth-order valence-electron chi connectivity index (χ4n) is 1.26. The van der Waals surface area contributed by atoms with E-state index in [0.717, 1.165) is 0 Å². The van der Waals surface area contributed by atoms with E-state index in [-0.39, 0.29) is 0 Å². The van der Waals surface area contributed by atoms with Crippen LogP contribution in [0.4, 0.5) is 22.0 Å². The highest BCUT2D eigenvalue weighted by atomic mass is 19.4. The molecule has 0 aromatic carbocycles. The molecule has 1 aliphatic rings. The fourth-order valence-corrected chi connectivity index (χ4v) is 1.26. The second-order valence-electron chi connectivity index (χ2n) is 3.36. The molecule has 0 radical (unpaired) electrons. The molecule has 8 heteroatoms. The van der Waals surface area contributed by atoms with Crippen LogP contribution in [0.2, 0.25) is 0 Å². The van der Waals surface area contributed by atoms with Gasteiger partial charge in [-0.3, -0.25) is 0 Å². The van der Waals surface area contributed by atoms with Crippen LogP contribution in [0.25, 0.3) is 0 Å². The van der Waals surface area contributed by atoms with Crippen molar-refractivity contribution in [3.05, 3.63) is 0 Å². The smallest absolute Gasteiger partial charge is 0.360 e. The van der Waals surface area contributed by atoms with Crippen molar-refractivity contribution >= 4 is 5.97 Å². The number of carbonyl (C=O) groups excluding carboxylic acids is 1. The van der Waals surface area contributed by atoms with Gasteiger partial charge in [-0.25, -0.2) is 13.6 Å². The monoisotopic (exact) mass is 233 g/mol. The SMILES string of the molecule is C[C@H]1CC(F)(F)CN1OC(=O)C(F)(F)F. The van der Waals surface area contributed by atoms with Gasteiger partial charge in [0.05, 0.1) is 6.54 Å². The zero-order chi connectivity index (χ0) is 11.9. The van der Waals surface area contributed by atoms with E-state index in [0.29, 0.717) is 5.06 Å². The van der Waals surface area contributed by atoms with E-state index in [1.165, 1.54) is 6.92 Å². The highest BCUT2D eigenvalue weighted by Gasteiger charge is 2.49. The van der Waals surface area contributed by atoms with Gasteiger partial charge in [-0.05, 0) is 6.92 Å². The van der Waals surface area contributed by atoms with Crippen molar-refractivity contribution in [2.45, 2.75) is 31.5 Å². The summed E-state index contributed by atoms with van der Waals surface area (Å²) in [4.78, 5) is 14.2. The second-order valence-corrected chi connectivity index (χ2v) is 3.36. The van der Waals surface area contributed by atoms with Crippen molar-refractivity contribution in [2.24, 2.45) is 0 Å². The Bertz CT molecular complexity index is 265. The first kappa shape index (κ1) is 12.2. The van der Waals surface area contributed by atoms with Crippen molar-refractivity contribution in [3.8, 4) is 0 Å². The minimum Gasteiger partial charge on any atom is -0.360 e. The van der Waals surface area contributed by atoms with Crippen LogP contribution in [0.15, 0.2) is 0 Å². The molecule has 0 aromatic heterocycles. The average molecular weight is 233 g/mol. The number of rotatable bonds is 1. The van der Waals surface area contributed by atoms with Crippen LogP contribution in [-0.4, -0.2) is 35.7 Å². The maximum atomic E-state index is 12.7. The standard InChI is InChI=1S/C7H8F5NO2/c1-4-2-6(8,9)3-13(4)15-5(14)7(10,11)12/h4H,2-3H2,1H3/t4-/m0/s1. The summed E-state index contributed by atoms with van der Waals surface area (Å²) in [5.74, 6) is -5.60. The van der Waals surface area contributed by atoms with Crippen molar-refractivity contribution < 1.29 is 31.6 Å². The molecule has 1 fully saturated rings. The molecular formula is C7H8F5NO2. The molecule has 15 heavy (non-hydrogen) atoms. The normalized spacial score (nSPS) is 26.7. The summed E-state index contributed by atoms with van der Waals surface area (Å²) in [5.41, 5.74) is 0. The quantitative estimate of drug-likeness (QED) is 0.646. The molecule has 1 rings (SSSR count). The molecule has 88 valence electrons. The Kier molecular flexibility index (Phi) is 2.90. The summed E-state index contributed by atoms with van der Waals surface area (Å²) in [5, 5.41) is 0.357. The van der Waals surface area contributed by atoms with E-state index in [9.17, 15) is 26.7 Å². The Hall–Kier alpha value is -0.920. The molecule has 0 aromatic rings. The highest BCUT2D eigenvalue weighted by molar-refractivity contribution is 5.75. The maximum Gasteiger partial charge on any atom is 0.492 e. The van der Waals surface area contributed by atoms with Crippen LogP contribution < -0.4 is 0 Å². The molecule has 0 saturated carbocycles. The number of alkyl halides is 5. The third-order valence-electron chi connectivity index (χ3n) is 1.90. The van der Waals surface area contributed by atoms with Gasteiger partial charge in [0.2, 0.25) is 0 Å². The van der Waals surface area contributed by atoms with Crippen LogP contribution in [0.3, 0.4) is 0 Å². The number of hydrogen-bond acceptors (Lipinski definition) is 3. The van der Waals surface area contributed by atoms with E-state index in [1.54, 1.807) is 0 Å². The van der Waals surface area contributed by atoms with E-state index in [2.05, 4.69) is 4.84 Å². The lowest BCUT2D eigenvalue weighted by atomic mass is 10.2. The van der Waals surface area contributed by atoms with Gasteiger partial charge in [0.25, 0.3) is 5.92 Å². The number of carbonyl (C=O) groups is 1.